The van der Waals surface area contributed by atoms with Crippen LogP contribution in [0.1, 0.15) is 91.9 Å². The highest BCUT2D eigenvalue weighted by Crippen LogP contribution is 2.15. The minimum Gasteiger partial charge on any atom is -0.0854 e. The molecule has 0 saturated carbocycles. The Kier molecular flexibility index (Phi) is 13.0. The minimum absolute atomic E-state index is 0.778. The number of hydrogen-bond acceptors (Lipinski definition) is 0. The smallest absolute Gasteiger partial charge is 0.0262 e. The monoisotopic (exact) mass is 252 g/mol. The van der Waals surface area contributed by atoms with Crippen molar-refractivity contribution in [3.05, 3.63) is 12.2 Å². The lowest BCUT2D eigenvalue weighted by Crippen LogP contribution is -1.94. The molecule has 0 aliphatic heterocycles. The molecule has 0 fully saturated rings. The quantitative estimate of drug-likeness (QED) is 0.266. The first-order chi connectivity index (χ1) is 8.70. The van der Waals surface area contributed by atoms with E-state index >= 15 is 0 Å². The summed E-state index contributed by atoms with van der Waals surface area (Å²) >= 11 is 0. The molecule has 0 aromatic rings. The minimum atomic E-state index is 0.778. The lowest BCUT2D eigenvalue weighted by Gasteiger charge is -2.09. The van der Waals surface area contributed by atoms with Crippen molar-refractivity contribution in [1.82, 2.24) is 0 Å². The predicted octanol–water partition coefficient (Wildman–Crippen LogP) is 6.76. The van der Waals surface area contributed by atoms with Gasteiger partial charge in [0.05, 0.1) is 0 Å². The molecule has 2 atom stereocenters. The van der Waals surface area contributed by atoms with E-state index in [0.29, 0.717) is 0 Å². The average Bonchev–Trinajstić information content (AvgIpc) is 2.37. The van der Waals surface area contributed by atoms with Gasteiger partial charge in [-0.25, -0.2) is 0 Å². The Labute approximate surface area is 116 Å². The normalized spacial score (nSPS) is 15.1. The number of rotatable bonds is 12. The topological polar surface area (TPSA) is 0 Å². The molecular formula is C18H36. The fourth-order valence-electron chi connectivity index (χ4n) is 2.36. The zero-order valence-electron chi connectivity index (χ0n) is 13.4. The second-order valence-electron chi connectivity index (χ2n) is 6.04. The summed E-state index contributed by atoms with van der Waals surface area (Å²) in [7, 11) is 0. The van der Waals surface area contributed by atoms with Crippen LogP contribution in [0, 0.1) is 11.8 Å². The number of hydrogen-bond donors (Lipinski definition) is 0. The summed E-state index contributed by atoms with van der Waals surface area (Å²) < 4.78 is 0. The van der Waals surface area contributed by atoms with Gasteiger partial charge in [-0.3, -0.25) is 0 Å². The standard InChI is InChI=1S/C18H36/c1-5-7-9-11-13-17(3)15-16-18(4)14-12-10-8-6-2/h15-18H,5-14H2,1-4H3. The van der Waals surface area contributed by atoms with Gasteiger partial charge in [-0.15, -0.1) is 0 Å². The van der Waals surface area contributed by atoms with Gasteiger partial charge in [-0.2, -0.15) is 0 Å². The van der Waals surface area contributed by atoms with Crippen LogP contribution in [0.15, 0.2) is 12.2 Å². The lowest BCUT2D eigenvalue weighted by molar-refractivity contribution is 0.542. The molecule has 0 nitrogen and oxygen atoms in total. The van der Waals surface area contributed by atoms with Crippen molar-refractivity contribution in [2.24, 2.45) is 11.8 Å². The average molecular weight is 252 g/mol. The first-order valence-corrected chi connectivity index (χ1v) is 8.39. The first-order valence-electron chi connectivity index (χ1n) is 8.39. The van der Waals surface area contributed by atoms with E-state index in [4.69, 9.17) is 0 Å². The summed E-state index contributed by atoms with van der Waals surface area (Å²) in [6, 6.07) is 0. The van der Waals surface area contributed by atoms with Crippen LogP contribution in [0.2, 0.25) is 0 Å². The molecule has 0 radical (unpaired) electrons. The van der Waals surface area contributed by atoms with Crippen LogP contribution in [0.3, 0.4) is 0 Å². The highest BCUT2D eigenvalue weighted by Gasteiger charge is 2.00. The van der Waals surface area contributed by atoms with Gasteiger partial charge < -0.3 is 0 Å². The molecule has 0 bridgehead atoms. The Bertz CT molecular complexity index is 160. The molecule has 0 heterocycles. The van der Waals surface area contributed by atoms with Crippen LogP contribution in [-0.4, -0.2) is 0 Å². The summed E-state index contributed by atoms with van der Waals surface area (Å²) in [4.78, 5) is 0. The van der Waals surface area contributed by atoms with Gasteiger partial charge in [-0.05, 0) is 24.7 Å². The fraction of sp³-hybridized carbons (Fsp3) is 0.889. The molecule has 0 amide bonds. The van der Waals surface area contributed by atoms with Crippen LogP contribution >= 0.6 is 0 Å². The third kappa shape index (κ3) is 12.2. The third-order valence-corrected chi connectivity index (χ3v) is 3.79. The maximum Gasteiger partial charge on any atom is -0.0262 e. The van der Waals surface area contributed by atoms with E-state index in [1.165, 1.54) is 64.2 Å². The van der Waals surface area contributed by atoms with Crippen molar-refractivity contribution < 1.29 is 0 Å². The lowest BCUT2D eigenvalue weighted by atomic mass is 9.97. The van der Waals surface area contributed by atoms with Crippen LogP contribution in [-0.2, 0) is 0 Å². The largest absolute Gasteiger partial charge is 0.0854 e. The highest BCUT2D eigenvalue weighted by molar-refractivity contribution is 4.89. The molecule has 0 aliphatic carbocycles. The molecule has 0 saturated heterocycles. The zero-order valence-corrected chi connectivity index (χ0v) is 13.4. The zero-order chi connectivity index (χ0) is 13.6. The summed E-state index contributed by atoms with van der Waals surface area (Å²) in [5, 5.41) is 0. The molecule has 108 valence electrons. The Morgan fingerprint density at radius 1 is 0.611 bits per heavy atom. The van der Waals surface area contributed by atoms with Gasteiger partial charge in [-0.1, -0.05) is 91.2 Å². The number of unbranched alkanes of at least 4 members (excludes halogenated alkanes) is 6. The Morgan fingerprint density at radius 3 is 1.33 bits per heavy atom. The summed E-state index contributed by atoms with van der Waals surface area (Å²) in [5.74, 6) is 1.56. The van der Waals surface area contributed by atoms with Gasteiger partial charge >= 0.3 is 0 Å². The van der Waals surface area contributed by atoms with Crippen molar-refractivity contribution in [1.29, 1.82) is 0 Å². The molecule has 0 rings (SSSR count). The van der Waals surface area contributed by atoms with Gasteiger partial charge in [0.25, 0.3) is 0 Å². The summed E-state index contributed by atoms with van der Waals surface area (Å²) in [6.07, 6.45) is 18.8. The van der Waals surface area contributed by atoms with Crippen LogP contribution in [0.25, 0.3) is 0 Å². The molecule has 0 aromatic heterocycles. The van der Waals surface area contributed by atoms with E-state index in [1.54, 1.807) is 0 Å². The van der Waals surface area contributed by atoms with Gasteiger partial charge in [0.1, 0.15) is 0 Å². The van der Waals surface area contributed by atoms with Gasteiger partial charge in [0.15, 0.2) is 0 Å². The van der Waals surface area contributed by atoms with Crippen LogP contribution in [0.5, 0.6) is 0 Å². The second-order valence-corrected chi connectivity index (χ2v) is 6.04. The molecule has 2 unspecified atom stereocenters. The molecular weight excluding hydrogens is 216 g/mol. The van der Waals surface area contributed by atoms with Crippen molar-refractivity contribution in [2.75, 3.05) is 0 Å². The van der Waals surface area contributed by atoms with Crippen LogP contribution in [0.4, 0.5) is 0 Å². The van der Waals surface area contributed by atoms with Crippen molar-refractivity contribution in [3.8, 4) is 0 Å². The van der Waals surface area contributed by atoms with E-state index < -0.39 is 0 Å². The maximum absolute atomic E-state index is 2.45. The van der Waals surface area contributed by atoms with E-state index in [1.807, 2.05) is 0 Å². The Balaban J connectivity index is 3.51. The SMILES string of the molecule is CCCCCCC(C)C=CC(C)CCCCCC. The molecule has 0 aliphatic rings. The van der Waals surface area contributed by atoms with Crippen LogP contribution < -0.4 is 0 Å². The fourth-order valence-corrected chi connectivity index (χ4v) is 2.36. The molecule has 0 aromatic carbocycles. The third-order valence-electron chi connectivity index (χ3n) is 3.79. The Hall–Kier alpha value is -0.260. The van der Waals surface area contributed by atoms with Gasteiger partial charge in [0.2, 0.25) is 0 Å². The molecule has 18 heavy (non-hydrogen) atoms. The van der Waals surface area contributed by atoms with Crippen molar-refractivity contribution in [3.63, 3.8) is 0 Å². The van der Waals surface area contributed by atoms with E-state index in [0.717, 1.165) is 11.8 Å². The van der Waals surface area contributed by atoms with Gasteiger partial charge in [0, 0.05) is 0 Å². The van der Waals surface area contributed by atoms with E-state index in [-0.39, 0.29) is 0 Å². The first kappa shape index (κ1) is 17.7. The molecule has 0 N–H and O–H groups in total. The highest BCUT2D eigenvalue weighted by atomic mass is 14.1. The van der Waals surface area contributed by atoms with Crippen molar-refractivity contribution >= 4 is 0 Å². The van der Waals surface area contributed by atoms with Crippen molar-refractivity contribution in [2.45, 2.75) is 91.9 Å². The molecule has 0 spiro atoms. The summed E-state index contributed by atoms with van der Waals surface area (Å²) in [6.45, 7) is 9.30. The summed E-state index contributed by atoms with van der Waals surface area (Å²) in [5.41, 5.74) is 0. The van der Waals surface area contributed by atoms with E-state index in [9.17, 15) is 0 Å². The molecule has 0 heteroatoms. The second kappa shape index (κ2) is 13.2. The Morgan fingerprint density at radius 2 is 1.00 bits per heavy atom. The predicted molar refractivity (Wildman–Crippen MR) is 85.0 cm³/mol. The maximum atomic E-state index is 2.45. The number of allylic oxidation sites excluding steroid dienone is 2. The van der Waals surface area contributed by atoms with E-state index in [2.05, 4.69) is 39.8 Å².